The Hall–Kier alpha value is -3.06. The highest BCUT2D eigenvalue weighted by molar-refractivity contribution is 5.95. The SMILES string of the molecule is COc1ccc([C@@H]2CCCN2CC(=O)NNC(=O)c2ccccc2)c(OC)c1. The van der Waals surface area contributed by atoms with Gasteiger partial charge in [0.1, 0.15) is 11.5 Å². The van der Waals surface area contributed by atoms with Crippen LogP contribution in [0.5, 0.6) is 11.5 Å². The number of hydrazine groups is 1. The minimum Gasteiger partial charge on any atom is -0.497 e. The molecule has 0 radical (unpaired) electrons. The second kappa shape index (κ2) is 9.23. The minimum atomic E-state index is -0.344. The van der Waals surface area contributed by atoms with Gasteiger partial charge in [0.15, 0.2) is 0 Å². The Morgan fingerprint density at radius 2 is 1.86 bits per heavy atom. The summed E-state index contributed by atoms with van der Waals surface area (Å²) in [5.41, 5.74) is 6.47. The molecule has 3 rings (SSSR count). The third kappa shape index (κ3) is 4.61. The Bertz CT molecular complexity index is 826. The maximum Gasteiger partial charge on any atom is 0.269 e. The highest BCUT2D eigenvalue weighted by atomic mass is 16.5. The van der Waals surface area contributed by atoms with Crippen molar-refractivity contribution in [3.63, 3.8) is 0 Å². The monoisotopic (exact) mass is 383 g/mol. The highest BCUT2D eigenvalue weighted by Gasteiger charge is 2.30. The van der Waals surface area contributed by atoms with Crippen LogP contribution in [-0.2, 0) is 4.79 Å². The number of methoxy groups -OCH3 is 2. The Morgan fingerprint density at radius 3 is 2.57 bits per heavy atom. The summed E-state index contributed by atoms with van der Waals surface area (Å²) >= 11 is 0. The standard InChI is InChI=1S/C21H25N3O4/c1-27-16-10-11-17(19(13-16)28-2)18-9-6-12-24(18)14-20(25)22-23-21(26)15-7-4-3-5-8-15/h3-5,7-8,10-11,13,18H,6,9,12,14H2,1-2H3,(H,22,25)(H,23,26)/t18-/m0/s1. The molecule has 7 nitrogen and oxygen atoms in total. The lowest BCUT2D eigenvalue weighted by molar-refractivity contribution is -0.123. The molecule has 0 aliphatic carbocycles. The molecule has 2 N–H and O–H groups in total. The Labute approximate surface area is 164 Å². The molecule has 0 unspecified atom stereocenters. The van der Waals surface area contributed by atoms with Crippen molar-refractivity contribution in [2.24, 2.45) is 0 Å². The number of carbonyl (C=O) groups is 2. The van der Waals surface area contributed by atoms with E-state index < -0.39 is 0 Å². The van der Waals surface area contributed by atoms with Crippen LogP contribution in [0.3, 0.4) is 0 Å². The number of rotatable bonds is 6. The molecule has 0 saturated carbocycles. The highest BCUT2D eigenvalue weighted by Crippen LogP contribution is 2.38. The zero-order chi connectivity index (χ0) is 19.9. The van der Waals surface area contributed by atoms with Gasteiger partial charge in [0, 0.05) is 23.2 Å². The number of carbonyl (C=O) groups excluding carboxylic acids is 2. The summed E-state index contributed by atoms with van der Waals surface area (Å²) in [5, 5.41) is 0. The first-order valence-corrected chi connectivity index (χ1v) is 9.22. The first-order chi connectivity index (χ1) is 13.6. The third-order valence-electron chi connectivity index (χ3n) is 4.86. The van der Waals surface area contributed by atoms with E-state index in [-0.39, 0.29) is 24.4 Å². The van der Waals surface area contributed by atoms with Crippen LogP contribution in [-0.4, -0.2) is 44.0 Å². The molecule has 7 heteroatoms. The van der Waals surface area contributed by atoms with Crippen LogP contribution in [0, 0.1) is 0 Å². The van der Waals surface area contributed by atoms with Crippen molar-refractivity contribution in [2.45, 2.75) is 18.9 Å². The van der Waals surface area contributed by atoms with Crippen molar-refractivity contribution < 1.29 is 19.1 Å². The van der Waals surface area contributed by atoms with Gasteiger partial charge in [0.25, 0.3) is 11.8 Å². The summed E-state index contributed by atoms with van der Waals surface area (Å²) in [6, 6.07) is 14.6. The molecule has 0 bridgehead atoms. The van der Waals surface area contributed by atoms with E-state index in [4.69, 9.17) is 9.47 Å². The van der Waals surface area contributed by atoms with E-state index in [9.17, 15) is 9.59 Å². The fourth-order valence-electron chi connectivity index (χ4n) is 3.47. The van der Waals surface area contributed by atoms with Crippen molar-refractivity contribution in [1.82, 2.24) is 15.8 Å². The first kappa shape index (κ1) is 19.7. The molecular weight excluding hydrogens is 358 g/mol. The summed E-state index contributed by atoms with van der Waals surface area (Å²) in [6.45, 7) is 0.995. The molecule has 1 aliphatic rings. The number of nitrogens with one attached hydrogen (secondary N) is 2. The fraction of sp³-hybridized carbons (Fsp3) is 0.333. The number of ether oxygens (including phenoxy) is 2. The van der Waals surface area contributed by atoms with E-state index in [1.807, 2.05) is 24.3 Å². The molecular formula is C21H25N3O4. The average Bonchev–Trinajstić information content (AvgIpc) is 3.19. The van der Waals surface area contributed by atoms with Gasteiger partial charge < -0.3 is 9.47 Å². The van der Waals surface area contributed by atoms with Crippen molar-refractivity contribution in [3.05, 3.63) is 59.7 Å². The molecule has 2 aromatic rings. The predicted octanol–water partition coefficient (Wildman–Crippen LogP) is 2.30. The molecule has 2 amide bonds. The molecule has 0 spiro atoms. The molecule has 1 fully saturated rings. The first-order valence-electron chi connectivity index (χ1n) is 9.22. The number of nitrogens with zero attached hydrogens (tertiary/aromatic N) is 1. The summed E-state index contributed by atoms with van der Waals surface area (Å²) in [6.07, 6.45) is 1.93. The van der Waals surface area contributed by atoms with Crippen molar-refractivity contribution >= 4 is 11.8 Å². The number of hydrogen-bond donors (Lipinski definition) is 2. The Kier molecular flexibility index (Phi) is 6.49. The van der Waals surface area contributed by atoms with E-state index in [0.29, 0.717) is 5.56 Å². The second-order valence-electron chi connectivity index (χ2n) is 6.60. The zero-order valence-electron chi connectivity index (χ0n) is 16.1. The normalized spacial score (nSPS) is 16.4. The predicted molar refractivity (Wildman–Crippen MR) is 105 cm³/mol. The topological polar surface area (TPSA) is 79.9 Å². The Morgan fingerprint density at radius 1 is 1.07 bits per heavy atom. The van der Waals surface area contributed by atoms with E-state index in [1.54, 1.807) is 38.5 Å². The number of amides is 2. The third-order valence-corrected chi connectivity index (χ3v) is 4.86. The summed E-state index contributed by atoms with van der Waals surface area (Å²) in [4.78, 5) is 26.5. The average molecular weight is 383 g/mol. The van der Waals surface area contributed by atoms with Crippen LogP contribution in [0.2, 0.25) is 0 Å². The molecule has 1 heterocycles. The van der Waals surface area contributed by atoms with Gasteiger partial charge in [-0.2, -0.15) is 0 Å². The smallest absolute Gasteiger partial charge is 0.269 e. The molecule has 28 heavy (non-hydrogen) atoms. The van der Waals surface area contributed by atoms with Crippen molar-refractivity contribution in [3.8, 4) is 11.5 Å². The lowest BCUT2D eigenvalue weighted by Crippen LogP contribution is -2.46. The van der Waals surface area contributed by atoms with Crippen LogP contribution < -0.4 is 20.3 Å². The van der Waals surface area contributed by atoms with Crippen LogP contribution in [0.1, 0.15) is 34.8 Å². The van der Waals surface area contributed by atoms with Crippen LogP contribution in [0.4, 0.5) is 0 Å². The van der Waals surface area contributed by atoms with Gasteiger partial charge in [-0.05, 0) is 37.6 Å². The van der Waals surface area contributed by atoms with E-state index in [2.05, 4.69) is 15.8 Å². The van der Waals surface area contributed by atoms with Gasteiger partial charge in [-0.25, -0.2) is 0 Å². The molecule has 148 valence electrons. The van der Waals surface area contributed by atoms with E-state index in [1.165, 1.54) is 0 Å². The van der Waals surface area contributed by atoms with Crippen molar-refractivity contribution in [2.75, 3.05) is 27.3 Å². The van der Waals surface area contributed by atoms with Gasteiger partial charge in [-0.3, -0.25) is 25.3 Å². The fourth-order valence-corrected chi connectivity index (χ4v) is 3.47. The van der Waals surface area contributed by atoms with Gasteiger partial charge in [0.2, 0.25) is 0 Å². The maximum absolute atomic E-state index is 12.3. The molecule has 0 aromatic heterocycles. The molecule has 1 aliphatic heterocycles. The van der Waals surface area contributed by atoms with E-state index >= 15 is 0 Å². The lowest BCUT2D eigenvalue weighted by Gasteiger charge is -2.25. The maximum atomic E-state index is 12.3. The van der Waals surface area contributed by atoms with Gasteiger partial charge in [0.05, 0.1) is 20.8 Å². The van der Waals surface area contributed by atoms with E-state index in [0.717, 1.165) is 36.4 Å². The Balaban J connectivity index is 1.60. The number of benzene rings is 2. The largest absolute Gasteiger partial charge is 0.497 e. The quantitative estimate of drug-likeness (QED) is 0.749. The second-order valence-corrected chi connectivity index (χ2v) is 6.60. The van der Waals surface area contributed by atoms with Gasteiger partial charge in [-0.1, -0.05) is 24.3 Å². The summed E-state index contributed by atoms with van der Waals surface area (Å²) in [5.74, 6) is 0.868. The number of likely N-dealkylation sites (tertiary alicyclic amines) is 1. The van der Waals surface area contributed by atoms with Crippen molar-refractivity contribution in [1.29, 1.82) is 0 Å². The van der Waals surface area contributed by atoms with Gasteiger partial charge in [-0.15, -0.1) is 0 Å². The lowest BCUT2D eigenvalue weighted by atomic mass is 10.0. The molecule has 1 saturated heterocycles. The van der Waals surface area contributed by atoms with Gasteiger partial charge >= 0.3 is 0 Å². The summed E-state index contributed by atoms with van der Waals surface area (Å²) in [7, 11) is 3.24. The minimum absolute atomic E-state index is 0.0800. The van der Waals surface area contributed by atoms with Crippen LogP contribution in [0.15, 0.2) is 48.5 Å². The zero-order valence-corrected chi connectivity index (χ0v) is 16.1. The van der Waals surface area contributed by atoms with Crippen LogP contribution >= 0.6 is 0 Å². The van der Waals surface area contributed by atoms with Crippen LogP contribution in [0.25, 0.3) is 0 Å². The summed E-state index contributed by atoms with van der Waals surface area (Å²) < 4.78 is 10.8. The molecule has 2 aromatic carbocycles. The molecule has 1 atom stereocenters. The number of hydrogen-bond acceptors (Lipinski definition) is 5.